The van der Waals surface area contributed by atoms with E-state index in [1.54, 1.807) is 0 Å². The Morgan fingerprint density at radius 3 is 2.38 bits per heavy atom. The Morgan fingerprint density at radius 1 is 0.962 bits per heavy atom. The number of ether oxygens (including phenoxy) is 3. The Hall–Kier alpha value is -2.04. The zero-order chi connectivity index (χ0) is 17.8. The molecule has 1 atom stereocenters. The van der Waals surface area contributed by atoms with Crippen molar-refractivity contribution in [3.63, 3.8) is 0 Å². The number of para-hydroxylation sites is 2. The van der Waals surface area contributed by atoms with Gasteiger partial charge in [-0.2, -0.15) is 0 Å². The number of piperidine rings is 1. The number of hydrogen-bond acceptors (Lipinski definition) is 4. The molecule has 0 bridgehead atoms. The maximum absolute atomic E-state index is 6.06. The van der Waals surface area contributed by atoms with Crippen LogP contribution in [0.2, 0.25) is 0 Å². The van der Waals surface area contributed by atoms with Crippen LogP contribution in [-0.2, 0) is 17.7 Å². The molecule has 26 heavy (non-hydrogen) atoms. The molecule has 4 rings (SSSR count). The Labute approximate surface area is 155 Å². The first-order valence-corrected chi connectivity index (χ1v) is 9.51. The van der Waals surface area contributed by atoms with E-state index in [2.05, 4.69) is 29.2 Å². The molecule has 0 amide bonds. The van der Waals surface area contributed by atoms with E-state index in [4.69, 9.17) is 14.2 Å². The van der Waals surface area contributed by atoms with Gasteiger partial charge in [0, 0.05) is 33.2 Å². The smallest absolute Gasteiger partial charge is 0.161 e. The van der Waals surface area contributed by atoms with Crippen LogP contribution in [0.4, 0.5) is 0 Å². The second kappa shape index (κ2) is 8.11. The summed E-state index contributed by atoms with van der Waals surface area (Å²) < 4.78 is 17.3. The van der Waals surface area contributed by atoms with Crippen molar-refractivity contribution in [2.45, 2.75) is 38.0 Å². The van der Waals surface area contributed by atoms with Gasteiger partial charge in [-0.05, 0) is 36.1 Å². The lowest BCUT2D eigenvalue weighted by Crippen LogP contribution is -2.36. The first-order chi connectivity index (χ1) is 12.8. The molecule has 138 valence electrons. The van der Waals surface area contributed by atoms with Crippen molar-refractivity contribution in [2.24, 2.45) is 0 Å². The summed E-state index contributed by atoms with van der Waals surface area (Å²) in [5.41, 5.74) is 2.66. The van der Waals surface area contributed by atoms with Crippen molar-refractivity contribution in [1.29, 1.82) is 0 Å². The lowest BCUT2D eigenvalue weighted by molar-refractivity contribution is 0.0388. The van der Waals surface area contributed by atoms with E-state index in [1.165, 1.54) is 11.1 Å². The van der Waals surface area contributed by atoms with Gasteiger partial charge in [-0.3, -0.25) is 4.90 Å². The predicted molar refractivity (Wildman–Crippen MR) is 102 cm³/mol. The number of likely N-dealkylation sites (tertiary alicyclic amines) is 1. The zero-order valence-electron chi connectivity index (χ0n) is 15.4. The highest BCUT2D eigenvalue weighted by atomic mass is 16.6. The highest BCUT2D eigenvalue weighted by molar-refractivity contribution is 5.40. The maximum atomic E-state index is 6.06. The molecule has 2 aliphatic rings. The first-order valence-electron chi connectivity index (χ1n) is 9.51. The van der Waals surface area contributed by atoms with Gasteiger partial charge in [0.2, 0.25) is 0 Å². The van der Waals surface area contributed by atoms with Gasteiger partial charge in [0.1, 0.15) is 12.7 Å². The topological polar surface area (TPSA) is 30.9 Å². The minimum Gasteiger partial charge on any atom is -0.486 e. The van der Waals surface area contributed by atoms with Gasteiger partial charge in [-0.15, -0.1) is 0 Å². The number of fused-ring (bicyclic) bond motifs is 1. The van der Waals surface area contributed by atoms with E-state index in [0.29, 0.717) is 12.7 Å². The third-order valence-corrected chi connectivity index (χ3v) is 5.33. The Bertz CT molecular complexity index is 708. The van der Waals surface area contributed by atoms with Crippen LogP contribution in [0.1, 0.15) is 24.0 Å². The van der Waals surface area contributed by atoms with Crippen molar-refractivity contribution < 1.29 is 14.2 Å². The number of methoxy groups -OCH3 is 1. The Balaban J connectivity index is 1.30. The number of hydrogen-bond donors (Lipinski definition) is 0. The highest BCUT2D eigenvalue weighted by Crippen LogP contribution is 2.31. The molecule has 2 aromatic rings. The summed E-state index contributed by atoms with van der Waals surface area (Å²) in [7, 11) is 1.82. The average molecular weight is 353 g/mol. The Kier molecular flexibility index (Phi) is 5.42. The lowest BCUT2D eigenvalue weighted by atomic mass is 10.0. The number of benzene rings is 2. The molecule has 0 N–H and O–H groups in total. The fourth-order valence-corrected chi connectivity index (χ4v) is 3.77. The molecule has 0 spiro atoms. The van der Waals surface area contributed by atoms with Gasteiger partial charge in [0.15, 0.2) is 11.5 Å². The number of nitrogens with zero attached hydrogens (tertiary/aromatic N) is 1. The van der Waals surface area contributed by atoms with E-state index in [9.17, 15) is 0 Å². The largest absolute Gasteiger partial charge is 0.486 e. The molecule has 0 radical (unpaired) electrons. The van der Waals surface area contributed by atoms with E-state index in [0.717, 1.165) is 50.4 Å². The van der Waals surface area contributed by atoms with Crippen LogP contribution in [0.3, 0.4) is 0 Å². The van der Waals surface area contributed by atoms with Crippen molar-refractivity contribution in [1.82, 2.24) is 4.90 Å². The normalized spacial score (nSPS) is 20.9. The van der Waals surface area contributed by atoms with Crippen LogP contribution in [0.5, 0.6) is 11.5 Å². The van der Waals surface area contributed by atoms with Crippen molar-refractivity contribution in [3.05, 3.63) is 59.7 Å². The quantitative estimate of drug-likeness (QED) is 0.820. The molecule has 0 saturated carbocycles. The molecular weight excluding hydrogens is 326 g/mol. The van der Waals surface area contributed by atoms with Crippen LogP contribution in [0.25, 0.3) is 0 Å². The monoisotopic (exact) mass is 353 g/mol. The lowest BCUT2D eigenvalue weighted by Gasteiger charge is -2.31. The summed E-state index contributed by atoms with van der Waals surface area (Å²) in [4.78, 5) is 2.51. The summed E-state index contributed by atoms with van der Waals surface area (Å²) in [5, 5.41) is 0. The van der Waals surface area contributed by atoms with Crippen molar-refractivity contribution in [3.8, 4) is 11.5 Å². The Morgan fingerprint density at radius 2 is 1.65 bits per heavy atom. The van der Waals surface area contributed by atoms with Crippen LogP contribution in [0.15, 0.2) is 48.5 Å². The van der Waals surface area contributed by atoms with Crippen LogP contribution in [-0.4, -0.2) is 43.9 Å². The molecule has 0 aliphatic carbocycles. The summed E-state index contributed by atoms with van der Waals surface area (Å²) in [6.07, 6.45) is 3.65. The third kappa shape index (κ3) is 4.19. The third-order valence-electron chi connectivity index (χ3n) is 5.33. The molecule has 2 aliphatic heterocycles. The summed E-state index contributed by atoms with van der Waals surface area (Å²) in [6, 6.07) is 16.8. The molecule has 2 aromatic carbocycles. The van der Waals surface area contributed by atoms with Gasteiger partial charge in [0.05, 0.1) is 6.10 Å². The van der Waals surface area contributed by atoms with E-state index >= 15 is 0 Å². The standard InChI is InChI=1S/C22H27NO3/c1-24-19-10-12-23(13-11-19)15-18-8-6-17(7-9-18)14-20-16-25-21-4-2-3-5-22(21)26-20/h2-9,19-20H,10-16H2,1H3. The van der Waals surface area contributed by atoms with Crippen molar-refractivity contribution >= 4 is 0 Å². The van der Waals surface area contributed by atoms with Gasteiger partial charge < -0.3 is 14.2 Å². The van der Waals surface area contributed by atoms with Gasteiger partial charge in [-0.25, -0.2) is 0 Å². The molecule has 1 saturated heterocycles. The average Bonchev–Trinajstić information content (AvgIpc) is 2.70. The molecule has 2 heterocycles. The minimum atomic E-state index is 0.0730. The van der Waals surface area contributed by atoms with Crippen LogP contribution >= 0.6 is 0 Å². The minimum absolute atomic E-state index is 0.0730. The molecule has 1 fully saturated rings. The first kappa shape index (κ1) is 17.4. The second-order valence-corrected chi connectivity index (χ2v) is 7.23. The van der Waals surface area contributed by atoms with Gasteiger partial charge in [-0.1, -0.05) is 36.4 Å². The maximum Gasteiger partial charge on any atom is 0.161 e. The SMILES string of the molecule is COC1CCN(Cc2ccc(CC3COc4ccccc4O3)cc2)CC1. The van der Waals surface area contributed by atoms with E-state index in [1.807, 2.05) is 31.4 Å². The van der Waals surface area contributed by atoms with Crippen LogP contribution < -0.4 is 9.47 Å². The summed E-state index contributed by atoms with van der Waals surface area (Å²) in [6.45, 7) is 3.86. The molecule has 4 heteroatoms. The summed E-state index contributed by atoms with van der Waals surface area (Å²) >= 11 is 0. The molecule has 0 aromatic heterocycles. The summed E-state index contributed by atoms with van der Waals surface area (Å²) in [5.74, 6) is 1.69. The van der Waals surface area contributed by atoms with Crippen molar-refractivity contribution in [2.75, 3.05) is 26.8 Å². The van der Waals surface area contributed by atoms with Gasteiger partial charge >= 0.3 is 0 Å². The highest BCUT2D eigenvalue weighted by Gasteiger charge is 2.21. The fraction of sp³-hybridized carbons (Fsp3) is 0.455. The number of rotatable bonds is 5. The molecule has 4 nitrogen and oxygen atoms in total. The molecule has 1 unspecified atom stereocenters. The van der Waals surface area contributed by atoms with E-state index in [-0.39, 0.29) is 6.10 Å². The van der Waals surface area contributed by atoms with Gasteiger partial charge in [0.25, 0.3) is 0 Å². The predicted octanol–water partition coefficient (Wildman–Crippen LogP) is 3.68. The zero-order valence-corrected chi connectivity index (χ0v) is 15.4. The second-order valence-electron chi connectivity index (χ2n) is 7.23. The van der Waals surface area contributed by atoms with Crippen LogP contribution in [0, 0.1) is 0 Å². The van der Waals surface area contributed by atoms with E-state index < -0.39 is 0 Å². The molecular formula is C22H27NO3. The fourth-order valence-electron chi connectivity index (χ4n) is 3.77.